The zero-order valence-corrected chi connectivity index (χ0v) is 16.2. The number of hydrogen-bond acceptors (Lipinski definition) is 3. The fourth-order valence-corrected chi connectivity index (χ4v) is 4.01. The van der Waals surface area contributed by atoms with E-state index in [4.69, 9.17) is 4.74 Å². The molecule has 0 saturated carbocycles. The quantitative estimate of drug-likeness (QED) is 0.766. The third kappa shape index (κ3) is 2.98. The number of fused-ring (bicyclic) bond motifs is 2. The summed E-state index contributed by atoms with van der Waals surface area (Å²) in [5.41, 5.74) is 4.87. The number of ether oxygens (including phenoxy) is 1. The molecule has 5 heteroatoms. The fraction of sp³-hybridized carbons (Fsp3) is 0.318. The minimum Gasteiger partial charge on any atom is -0.497 e. The maximum Gasteiger partial charge on any atom is 0.275 e. The molecule has 27 heavy (non-hydrogen) atoms. The van der Waals surface area contributed by atoms with E-state index in [0.717, 1.165) is 34.3 Å². The molecule has 0 bridgehead atoms. The van der Waals surface area contributed by atoms with Gasteiger partial charge in [-0.15, -0.1) is 0 Å². The number of benzene rings is 2. The largest absolute Gasteiger partial charge is 0.497 e. The molecular weight excluding hydrogens is 338 g/mol. The number of methoxy groups -OCH3 is 1. The van der Waals surface area contributed by atoms with Crippen LogP contribution in [0.25, 0.3) is 10.9 Å². The molecule has 0 saturated heterocycles. The molecule has 3 aromatic rings. The molecule has 5 nitrogen and oxygen atoms in total. The SMILES string of the molecule is COc1ccc2[nH]c(C(=O)N3c4ccccc4CC3C)c(CN(C)C)c2c1. The van der Waals surface area contributed by atoms with Gasteiger partial charge in [0.15, 0.2) is 0 Å². The van der Waals surface area contributed by atoms with E-state index in [1.165, 1.54) is 5.56 Å². The molecule has 1 unspecified atom stereocenters. The molecule has 2 aromatic carbocycles. The van der Waals surface area contributed by atoms with Crippen LogP contribution in [0.5, 0.6) is 5.75 Å². The van der Waals surface area contributed by atoms with Crippen LogP contribution in [0, 0.1) is 0 Å². The van der Waals surface area contributed by atoms with Crippen molar-refractivity contribution in [1.82, 2.24) is 9.88 Å². The van der Waals surface area contributed by atoms with Crippen LogP contribution in [0.2, 0.25) is 0 Å². The maximum atomic E-state index is 13.6. The third-order valence-electron chi connectivity index (χ3n) is 5.23. The van der Waals surface area contributed by atoms with Gasteiger partial charge in [-0.25, -0.2) is 0 Å². The van der Waals surface area contributed by atoms with Crippen molar-refractivity contribution in [2.75, 3.05) is 26.1 Å². The molecule has 1 atom stereocenters. The zero-order chi connectivity index (χ0) is 19.1. The number of para-hydroxylation sites is 1. The second kappa shape index (κ2) is 6.74. The molecule has 1 N–H and O–H groups in total. The summed E-state index contributed by atoms with van der Waals surface area (Å²) in [5.74, 6) is 0.819. The summed E-state index contributed by atoms with van der Waals surface area (Å²) in [6, 6.07) is 14.2. The first-order valence-corrected chi connectivity index (χ1v) is 9.24. The monoisotopic (exact) mass is 363 g/mol. The number of nitrogens with zero attached hydrogens (tertiary/aromatic N) is 2. The number of aromatic nitrogens is 1. The van der Waals surface area contributed by atoms with Gasteiger partial charge < -0.3 is 19.5 Å². The summed E-state index contributed by atoms with van der Waals surface area (Å²) < 4.78 is 5.39. The van der Waals surface area contributed by atoms with Crippen molar-refractivity contribution in [2.45, 2.75) is 25.9 Å². The summed E-state index contributed by atoms with van der Waals surface area (Å²) in [6.45, 7) is 2.79. The average Bonchev–Trinajstić information content (AvgIpc) is 3.17. The van der Waals surface area contributed by atoms with Crippen LogP contribution in [0.3, 0.4) is 0 Å². The zero-order valence-electron chi connectivity index (χ0n) is 16.2. The van der Waals surface area contributed by atoms with E-state index in [1.807, 2.05) is 55.4 Å². The molecule has 1 aliphatic heterocycles. The van der Waals surface area contributed by atoms with Crippen molar-refractivity contribution in [3.8, 4) is 5.75 Å². The lowest BCUT2D eigenvalue weighted by Gasteiger charge is -2.23. The molecule has 0 aliphatic carbocycles. The lowest BCUT2D eigenvalue weighted by Crippen LogP contribution is -2.36. The molecule has 0 radical (unpaired) electrons. The summed E-state index contributed by atoms with van der Waals surface area (Å²) in [7, 11) is 5.69. The van der Waals surface area contributed by atoms with Gasteiger partial charge >= 0.3 is 0 Å². The van der Waals surface area contributed by atoms with Crippen LogP contribution in [0.1, 0.15) is 28.5 Å². The number of rotatable bonds is 4. The number of aromatic amines is 1. The highest BCUT2D eigenvalue weighted by Gasteiger charge is 2.33. The van der Waals surface area contributed by atoms with E-state index >= 15 is 0 Å². The van der Waals surface area contributed by atoms with E-state index in [0.29, 0.717) is 12.2 Å². The number of anilines is 1. The van der Waals surface area contributed by atoms with E-state index in [-0.39, 0.29) is 11.9 Å². The standard InChI is InChI=1S/C22H25N3O2/c1-14-11-15-7-5-6-8-20(15)25(14)22(26)21-18(13-24(2)3)17-12-16(27-4)9-10-19(17)23-21/h5-10,12,14,23H,11,13H2,1-4H3. The highest BCUT2D eigenvalue weighted by atomic mass is 16.5. The molecule has 1 amide bonds. The number of nitrogens with one attached hydrogen (secondary N) is 1. The first-order chi connectivity index (χ1) is 13.0. The Kier molecular flexibility index (Phi) is 4.40. The molecule has 0 spiro atoms. The van der Waals surface area contributed by atoms with Crippen molar-refractivity contribution in [2.24, 2.45) is 0 Å². The van der Waals surface area contributed by atoms with E-state index in [9.17, 15) is 4.79 Å². The average molecular weight is 363 g/mol. The van der Waals surface area contributed by atoms with E-state index < -0.39 is 0 Å². The van der Waals surface area contributed by atoms with Gasteiger partial charge in [0.1, 0.15) is 11.4 Å². The van der Waals surface area contributed by atoms with Gasteiger partial charge in [-0.2, -0.15) is 0 Å². The van der Waals surface area contributed by atoms with Gasteiger partial charge in [0, 0.05) is 34.7 Å². The fourth-order valence-electron chi connectivity index (χ4n) is 4.01. The topological polar surface area (TPSA) is 48.6 Å². The van der Waals surface area contributed by atoms with E-state index in [1.54, 1.807) is 7.11 Å². The summed E-state index contributed by atoms with van der Waals surface area (Å²) in [6.07, 6.45) is 0.888. The highest BCUT2D eigenvalue weighted by molar-refractivity contribution is 6.10. The predicted octanol–water partition coefficient (Wildman–Crippen LogP) is 3.83. The Balaban J connectivity index is 1.84. The lowest BCUT2D eigenvalue weighted by molar-refractivity contribution is 0.0976. The molecule has 1 aliphatic rings. The van der Waals surface area contributed by atoms with Gasteiger partial charge in [0.25, 0.3) is 5.91 Å². The van der Waals surface area contributed by atoms with Gasteiger partial charge in [-0.3, -0.25) is 4.79 Å². The van der Waals surface area contributed by atoms with Crippen LogP contribution in [-0.4, -0.2) is 43.0 Å². The smallest absolute Gasteiger partial charge is 0.275 e. The van der Waals surface area contributed by atoms with Crippen LogP contribution in [0.4, 0.5) is 5.69 Å². The summed E-state index contributed by atoms with van der Waals surface area (Å²) in [5, 5.41) is 1.03. The van der Waals surface area contributed by atoms with Crippen LogP contribution < -0.4 is 9.64 Å². The normalized spacial score (nSPS) is 16.2. The number of carbonyl (C=O) groups is 1. The predicted molar refractivity (Wildman–Crippen MR) is 109 cm³/mol. The van der Waals surface area contributed by atoms with Crippen molar-refractivity contribution in [3.05, 3.63) is 59.3 Å². The molecule has 0 fully saturated rings. The van der Waals surface area contributed by atoms with Crippen molar-refractivity contribution in [3.63, 3.8) is 0 Å². The third-order valence-corrected chi connectivity index (χ3v) is 5.23. The van der Waals surface area contributed by atoms with Crippen molar-refractivity contribution < 1.29 is 9.53 Å². The first-order valence-electron chi connectivity index (χ1n) is 9.24. The first kappa shape index (κ1) is 17.6. The Bertz CT molecular complexity index is 1010. The summed E-state index contributed by atoms with van der Waals surface area (Å²) in [4.78, 5) is 21.0. The second-order valence-corrected chi connectivity index (χ2v) is 7.48. The molecular formula is C22H25N3O2. The van der Waals surface area contributed by atoms with E-state index in [2.05, 4.69) is 22.9 Å². The van der Waals surface area contributed by atoms with Crippen LogP contribution in [0.15, 0.2) is 42.5 Å². The Morgan fingerprint density at radius 2 is 2.04 bits per heavy atom. The number of carbonyl (C=O) groups excluding carboxylic acids is 1. The van der Waals surface area contributed by atoms with Gasteiger partial charge in [0.2, 0.25) is 0 Å². The Labute approximate surface area is 159 Å². The highest BCUT2D eigenvalue weighted by Crippen LogP contribution is 2.35. The number of hydrogen-bond donors (Lipinski definition) is 1. The minimum absolute atomic E-state index is 0.0273. The number of amides is 1. The maximum absolute atomic E-state index is 13.6. The lowest BCUT2D eigenvalue weighted by atomic mass is 10.1. The van der Waals surface area contributed by atoms with Crippen molar-refractivity contribution in [1.29, 1.82) is 0 Å². The molecule has 140 valence electrons. The van der Waals surface area contributed by atoms with Crippen LogP contribution in [-0.2, 0) is 13.0 Å². The number of H-pyrrole nitrogens is 1. The van der Waals surface area contributed by atoms with Crippen LogP contribution >= 0.6 is 0 Å². The second-order valence-electron chi connectivity index (χ2n) is 7.48. The van der Waals surface area contributed by atoms with Gasteiger partial charge in [-0.1, -0.05) is 18.2 Å². The molecule has 2 heterocycles. The molecule has 1 aromatic heterocycles. The Hall–Kier alpha value is -2.79. The Morgan fingerprint density at radius 1 is 1.26 bits per heavy atom. The summed E-state index contributed by atoms with van der Waals surface area (Å²) >= 11 is 0. The Morgan fingerprint density at radius 3 is 2.78 bits per heavy atom. The van der Waals surface area contributed by atoms with Crippen molar-refractivity contribution >= 4 is 22.5 Å². The molecule has 4 rings (SSSR count). The minimum atomic E-state index is 0.0273. The van der Waals surface area contributed by atoms with Gasteiger partial charge in [-0.05, 0) is 57.3 Å². The van der Waals surface area contributed by atoms with Gasteiger partial charge in [0.05, 0.1) is 7.11 Å².